The van der Waals surface area contributed by atoms with E-state index in [9.17, 15) is 9.90 Å². The molecule has 1 saturated carbocycles. The quantitative estimate of drug-likeness (QED) is 0.813. The first kappa shape index (κ1) is 13.1. The highest BCUT2D eigenvalue weighted by molar-refractivity contribution is 5.94. The second-order valence-corrected chi connectivity index (χ2v) is 5.39. The minimum atomic E-state index is 0.0362. The van der Waals surface area contributed by atoms with E-state index in [-0.39, 0.29) is 11.5 Å². The average Bonchev–Trinajstić information content (AvgIpc) is 3.14. The molecule has 1 aliphatic rings. The minimum absolute atomic E-state index is 0.0362. The normalized spacial score (nSPS) is 16.9. The van der Waals surface area contributed by atoms with Crippen LogP contribution in [-0.4, -0.2) is 28.9 Å². The van der Waals surface area contributed by atoms with Crippen LogP contribution in [0.25, 0.3) is 0 Å². The van der Waals surface area contributed by atoms with Crippen LogP contribution >= 0.6 is 0 Å². The molecule has 0 radical (unpaired) electrons. The fourth-order valence-corrected chi connectivity index (χ4v) is 2.28. The van der Waals surface area contributed by atoms with E-state index < -0.39 is 0 Å². The number of benzene rings is 1. The van der Waals surface area contributed by atoms with Gasteiger partial charge in [0.25, 0.3) is 0 Å². The van der Waals surface area contributed by atoms with Crippen molar-refractivity contribution >= 4 is 5.78 Å². The summed E-state index contributed by atoms with van der Waals surface area (Å²) in [5.74, 6) is 1.11. The number of nitrogens with zero attached hydrogens (tertiary/aromatic N) is 1. The number of phenols is 1. The minimum Gasteiger partial charge on any atom is -0.508 e. The van der Waals surface area contributed by atoms with Crippen LogP contribution in [0.3, 0.4) is 0 Å². The van der Waals surface area contributed by atoms with Gasteiger partial charge in [0.1, 0.15) is 5.75 Å². The number of hydrogen-bond acceptors (Lipinski definition) is 3. The Morgan fingerprint density at radius 1 is 1.50 bits per heavy atom. The van der Waals surface area contributed by atoms with E-state index in [4.69, 9.17) is 0 Å². The number of rotatable bonds is 5. The molecule has 18 heavy (non-hydrogen) atoms. The molecule has 0 saturated heterocycles. The summed E-state index contributed by atoms with van der Waals surface area (Å²) >= 11 is 0. The molecular weight excluding hydrogens is 226 g/mol. The van der Waals surface area contributed by atoms with Crippen molar-refractivity contribution < 1.29 is 9.90 Å². The van der Waals surface area contributed by atoms with Crippen molar-refractivity contribution in [2.45, 2.75) is 39.3 Å². The molecule has 0 amide bonds. The molecule has 0 heterocycles. The summed E-state index contributed by atoms with van der Waals surface area (Å²) in [6.07, 6.45) is 2.62. The van der Waals surface area contributed by atoms with Crippen molar-refractivity contribution in [1.29, 1.82) is 0 Å². The maximum Gasteiger partial charge on any atom is 0.159 e. The Kier molecular flexibility index (Phi) is 3.71. The number of hydrogen-bond donors (Lipinski definition) is 1. The first-order valence-corrected chi connectivity index (χ1v) is 6.52. The largest absolute Gasteiger partial charge is 0.508 e. The Morgan fingerprint density at radius 2 is 2.17 bits per heavy atom. The van der Waals surface area contributed by atoms with Crippen LogP contribution in [-0.2, 0) is 6.54 Å². The van der Waals surface area contributed by atoms with Crippen molar-refractivity contribution in [2.24, 2.45) is 5.92 Å². The summed E-state index contributed by atoms with van der Waals surface area (Å²) in [7, 11) is 2.07. The van der Waals surface area contributed by atoms with Crippen LogP contribution in [0.1, 0.15) is 42.6 Å². The fourth-order valence-electron chi connectivity index (χ4n) is 2.28. The number of phenolic OH excluding ortho intramolecular Hbond substituents is 1. The Bertz CT molecular complexity index is 452. The maximum atomic E-state index is 11.4. The molecule has 1 aliphatic carbocycles. The Balaban J connectivity index is 2.11. The van der Waals surface area contributed by atoms with E-state index in [0.717, 1.165) is 11.5 Å². The highest BCUT2D eigenvalue weighted by Crippen LogP contribution is 2.35. The SMILES string of the molecule is CC(=O)c1ccc(O)c(CN(C)C(C)C2CC2)c1. The van der Waals surface area contributed by atoms with Gasteiger partial charge in [0.15, 0.2) is 5.78 Å². The summed E-state index contributed by atoms with van der Waals surface area (Å²) in [5.41, 5.74) is 1.49. The van der Waals surface area contributed by atoms with Crippen molar-refractivity contribution in [2.75, 3.05) is 7.05 Å². The lowest BCUT2D eigenvalue weighted by atomic mass is 10.1. The lowest BCUT2D eigenvalue weighted by Gasteiger charge is -2.25. The summed E-state index contributed by atoms with van der Waals surface area (Å²) in [5, 5.41) is 9.86. The molecule has 2 rings (SSSR count). The summed E-state index contributed by atoms with van der Waals surface area (Å²) < 4.78 is 0. The third kappa shape index (κ3) is 2.91. The van der Waals surface area contributed by atoms with Gasteiger partial charge in [-0.15, -0.1) is 0 Å². The van der Waals surface area contributed by atoms with Gasteiger partial charge < -0.3 is 5.11 Å². The predicted octanol–water partition coefficient (Wildman–Crippen LogP) is 2.83. The van der Waals surface area contributed by atoms with Crippen molar-refractivity contribution in [3.63, 3.8) is 0 Å². The molecule has 1 aromatic rings. The van der Waals surface area contributed by atoms with Gasteiger partial charge in [0, 0.05) is 23.7 Å². The second kappa shape index (κ2) is 5.11. The zero-order valence-corrected chi connectivity index (χ0v) is 11.3. The van der Waals surface area contributed by atoms with E-state index in [1.165, 1.54) is 12.8 Å². The Morgan fingerprint density at radius 3 is 2.72 bits per heavy atom. The van der Waals surface area contributed by atoms with Crippen molar-refractivity contribution in [3.05, 3.63) is 29.3 Å². The summed E-state index contributed by atoms with van der Waals surface area (Å²) in [6, 6.07) is 5.62. The van der Waals surface area contributed by atoms with Crippen molar-refractivity contribution in [1.82, 2.24) is 4.90 Å². The van der Waals surface area contributed by atoms with Crippen LogP contribution in [0.4, 0.5) is 0 Å². The molecule has 0 spiro atoms. The van der Waals surface area contributed by atoms with Crippen LogP contribution in [0.15, 0.2) is 18.2 Å². The van der Waals surface area contributed by atoms with Gasteiger partial charge >= 0.3 is 0 Å². The Labute approximate surface area is 108 Å². The molecule has 3 nitrogen and oxygen atoms in total. The smallest absolute Gasteiger partial charge is 0.159 e. The summed E-state index contributed by atoms with van der Waals surface area (Å²) in [4.78, 5) is 13.6. The van der Waals surface area contributed by atoms with Gasteiger partial charge in [-0.3, -0.25) is 9.69 Å². The standard InChI is InChI=1S/C15H21NO2/c1-10(12-4-5-12)16(3)9-14-8-13(11(2)17)6-7-15(14)18/h6-8,10,12,18H,4-5,9H2,1-3H3. The van der Waals surface area contributed by atoms with Crippen molar-refractivity contribution in [3.8, 4) is 5.75 Å². The first-order valence-electron chi connectivity index (χ1n) is 6.52. The van der Waals surface area contributed by atoms with Gasteiger partial charge in [-0.2, -0.15) is 0 Å². The molecule has 0 aliphatic heterocycles. The average molecular weight is 247 g/mol. The van der Waals surface area contributed by atoms with E-state index in [1.807, 2.05) is 0 Å². The molecule has 98 valence electrons. The zero-order valence-electron chi connectivity index (χ0n) is 11.3. The van der Waals surface area contributed by atoms with E-state index in [0.29, 0.717) is 18.2 Å². The van der Waals surface area contributed by atoms with E-state index >= 15 is 0 Å². The van der Waals surface area contributed by atoms with Crippen LogP contribution < -0.4 is 0 Å². The highest BCUT2D eigenvalue weighted by Gasteiger charge is 2.30. The van der Waals surface area contributed by atoms with Gasteiger partial charge in [0.05, 0.1) is 0 Å². The van der Waals surface area contributed by atoms with Crippen LogP contribution in [0.5, 0.6) is 5.75 Å². The van der Waals surface area contributed by atoms with Gasteiger partial charge in [-0.1, -0.05) is 0 Å². The molecule has 1 unspecified atom stereocenters. The summed E-state index contributed by atoms with van der Waals surface area (Å²) in [6.45, 7) is 4.46. The molecule has 0 aromatic heterocycles. The van der Waals surface area contributed by atoms with Gasteiger partial charge in [-0.25, -0.2) is 0 Å². The monoisotopic (exact) mass is 247 g/mol. The first-order chi connectivity index (χ1) is 8.49. The molecule has 1 atom stereocenters. The van der Waals surface area contributed by atoms with Gasteiger partial charge in [-0.05, 0) is 57.9 Å². The molecular formula is C15H21NO2. The zero-order chi connectivity index (χ0) is 13.3. The highest BCUT2D eigenvalue weighted by atomic mass is 16.3. The molecule has 1 aromatic carbocycles. The number of carbonyl (C=O) groups excluding carboxylic acids is 1. The Hall–Kier alpha value is -1.35. The second-order valence-electron chi connectivity index (χ2n) is 5.39. The fraction of sp³-hybridized carbons (Fsp3) is 0.533. The number of ketones is 1. The topological polar surface area (TPSA) is 40.5 Å². The molecule has 1 N–H and O–H groups in total. The van der Waals surface area contributed by atoms with Gasteiger partial charge in [0.2, 0.25) is 0 Å². The van der Waals surface area contributed by atoms with E-state index in [1.54, 1.807) is 25.1 Å². The maximum absolute atomic E-state index is 11.4. The third-order valence-corrected chi connectivity index (χ3v) is 3.91. The third-order valence-electron chi connectivity index (χ3n) is 3.91. The lowest BCUT2D eigenvalue weighted by molar-refractivity contribution is 0.101. The van der Waals surface area contributed by atoms with Crippen LogP contribution in [0, 0.1) is 5.92 Å². The molecule has 1 fully saturated rings. The molecule has 3 heteroatoms. The number of Topliss-reactive ketones (excluding diaryl/α,β-unsaturated/α-hetero) is 1. The molecule has 0 bridgehead atoms. The van der Waals surface area contributed by atoms with Crippen LogP contribution in [0.2, 0.25) is 0 Å². The predicted molar refractivity (Wildman–Crippen MR) is 71.8 cm³/mol. The number of aromatic hydroxyl groups is 1. The lowest BCUT2D eigenvalue weighted by Crippen LogP contribution is -2.30. The van der Waals surface area contributed by atoms with E-state index in [2.05, 4.69) is 18.9 Å². The number of carbonyl (C=O) groups is 1.